The second kappa shape index (κ2) is 9.53. The fourth-order valence-electron chi connectivity index (χ4n) is 2.19. The Kier molecular flexibility index (Phi) is 7.40. The first-order chi connectivity index (χ1) is 12.0. The van der Waals surface area contributed by atoms with E-state index in [1.165, 1.54) is 7.11 Å². The Hall–Kier alpha value is -1.92. The average molecular weight is 467 g/mol. The van der Waals surface area contributed by atoms with Crippen LogP contribution in [0.1, 0.15) is 22.3 Å². The van der Waals surface area contributed by atoms with Gasteiger partial charge in [0, 0.05) is 14.5 Å². The normalized spacial score (nSPS) is 12.0. The van der Waals surface area contributed by atoms with Crippen LogP contribution >= 0.6 is 31.9 Å². The van der Waals surface area contributed by atoms with Crippen LogP contribution in [0.5, 0.6) is 0 Å². The minimum Gasteiger partial charge on any atom is -0.467 e. The van der Waals surface area contributed by atoms with Crippen molar-refractivity contribution in [3.63, 3.8) is 0 Å². The highest BCUT2D eigenvalue weighted by molar-refractivity contribution is 9.11. The van der Waals surface area contributed by atoms with Crippen LogP contribution in [-0.4, -0.2) is 25.0 Å². The number of rotatable bonds is 6. The smallest absolute Gasteiger partial charge is 0.328 e. The highest BCUT2D eigenvalue weighted by atomic mass is 79.9. The molecule has 130 valence electrons. The van der Waals surface area contributed by atoms with Crippen molar-refractivity contribution in [3.8, 4) is 0 Å². The topological polar surface area (TPSA) is 55.4 Å². The summed E-state index contributed by atoms with van der Waals surface area (Å²) in [5.74, 6) is -0.828. The van der Waals surface area contributed by atoms with Gasteiger partial charge in [-0.2, -0.15) is 0 Å². The molecule has 0 aromatic heterocycles. The van der Waals surface area contributed by atoms with E-state index >= 15 is 0 Å². The third-order valence-corrected chi connectivity index (χ3v) is 4.31. The van der Waals surface area contributed by atoms with Crippen LogP contribution in [0.4, 0.5) is 0 Å². The van der Waals surface area contributed by atoms with Gasteiger partial charge < -0.3 is 10.1 Å². The maximum absolute atomic E-state index is 12.4. The van der Waals surface area contributed by atoms with Gasteiger partial charge in [-0.3, -0.25) is 4.79 Å². The van der Waals surface area contributed by atoms with Crippen LogP contribution in [-0.2, 0) is 9.53 Å². The zero-order valence-corrected chi connectivity index (χ0v) is 16.7. The van der Waals surface area contributed by atoms with E-state index in [1.807, 2.05) is 48.6 Å². The van der Waals surface area contributed by atoms with Crippen LogP contribution in [0, 0.1) is 0 Å². The number of nitrogens with one attached hydrogen (secondary N) is 1. The number of amides is 1. The van der Waals surface area contributed by atoms with E-state index in [0.29, 0.717) is 12.0 Å². The summed E-state index contributed by atoms with van der Waals surface area (Å²) in [6.45, 7) is 0. The second-order valence-corrected chi connectivity index (χ2v) is 7.09. The Labute approximate surface area is 163 Å². The van der Waals surface area contributed by atoms with Gasteiger partial charge in [-0.15, -0.1) is 0 Å². The van der Waals surface area contributed by atoms with Crippen molar-refractivity contribution in [1.29, 1.82) is 0 Å². The molecule has 4 nitrogen and oxygen atoms in total. The molecule has 25 heavy (non-hydrogen) atoms. The van der Waals surface area contributed by atoms with E-state index < -0.39 is 12.0 Å². The number of benzene rings is 2. The number of esters is 1. The lowest BCUT2D eigenvalue weighted by Gasteiger charge is -2.15. The van der Waals surface area contributed by atoms with Gasteiger partial charge in [-0.25, -0.2) is 4.79 Å². The van der Waals surface area contributed by atoms with Crippen molar-refractivity contribution in [2.75, 3.05) is 7.11 Å². The first-order valence-corrected chi connectivity index (χ1v) is 9.14. The molecule has 2 rings (SSSR count). The number of halogens is 2. The fraction of sp³-hybridized carbons (Fsp3) is 0.158. The lowest BCUT2D eigenvalue weighted by atomic mass is 10.1. The van der Waals surface area contributed by atoms with Crippen LogP contribution in [0.3, 0.4) is 0 Å². The summed E-state index contributed by atoms with van der Waals surface area (Å²) in [7, 11) is 1.30. The molecule has 0 fully saturated rings. The molecule has 0 spiro atoms. The van der Waals surface area contributed by atoms with E-state index in [1.54, 1.807) is 12.1 Å². The monoisotopic (exact) mass is 465 g/mol. The SMILES string of the molecule is COC(=O)[C@@H](C/C=C/c1ccccc1)NC(=O)c1cc(Br)cc(Br)c1. The third-order valence-electron chi connectivity index (χ3n) is 3.40. The highest BCUT2D eigenvalue weighted by Crippen LogP contribution is 2.20. The number of hydrogen-bond donors (Lipinski definition) is 1. The van der Waals surface area contributed by atoms with Gasteiger partial charge in [-0.1, -0.05) is 74.3 Å². The molecular weight excluding hydrogens is 450 g/mol. The molecule has 0 radical (unpaired) electrons. The molecule has 0 heterocycles. The van der Waals surface area contributed by atoms with E-state index in [-0.39, 0.29) is 5.91 Å². The molecule has 2 aromatic carbocycles. The quantitative estimate of drug-likeness (QED) is 0.633. The van der Waals surface area contributed by atoms with Crippen LogP contribution in [0.25, 0.3) is 6.08 Å². The molecular formula is C19H17Br2NO3. The second-order valence-electron chi connectivity index (χ2n) is 5.26. The molecule has 2 aromatic rings. The van der Waals surface area contributed by atoms with Gasteiger partial charge in [-0.05, 0) is 30.2 Å². The predicted molar refractivity (Wildman–Crippen MR) is 105 cm³/mol. The van der Waals surface area contributed by atoms with Gasteiger partial charge in [0.15, 0.2) is 0 Å². The number of ether oxygens (including phenoxy) is 1. The number of carbonyl (C=O) groups excluding carboxylic acids is 2. The summed E-state index contributed by atoms with van der Waals surface area (Å²) in [4.78, 5) is 24.4. The summed E-state index contributed by atoms with van der Waals surface area (Å²) in [5, 5.41) is 2.72. The van der Waals surface area contributed by atoms with Crippen molar-refractivity contribution >= 4 is 49.8 Å². The van der Waals surface area contributed by atoms with Gasteiger partial charge in [0.1, 0.15) is 6.04 Å². The average Bonchev–Trinajstić information content (AvgIpc) is 2.60. The lowest BCUT2D eigenvalue weighted by Crippen LogP contribution is -2.41. The van der Waals surface area contributed by atoms with Gasteiger partial charge >= 0.3 is 5.97 Å². The van der Waals surface area contributed by atoms with Crippen molar-refractivity contribution < 1.29 is 14.3 Å². The molecule has 0 aliphatic heterocycles. The van der Waals surface area contributed by atoms with Gasteiger partial charge in [0.2, 0.25) is 0 Å². The van der Waals surface area contributed by atoms with Gasteiger partial charge in [0.25, 0.3) is 5.91 Å². The van der Waals surface area contributed by atoms with Gasteiger partial charge in [0.05, 0.1) is 7.11 Å². The molecule has 0 unspecified atom stereocenters. The Balaban J connectivity index is 2.08. The molecule has 0 saturated heterocycles. The molecule has 1 atom stereocenters. The van der Waals surface area contributed by atoms with Crippen molar-refractivity contribution in [2.45, 2.75) is 12.5 Å². The van der Waals surface area contributed by atoms with E-state index in [0.717, 1.165) is 14.5 Å². The Morgan fingerprint density at radius 2 is 1.76 bits per heavy atom. The van der Waals surface area contributed by atoms with Crippen LogP contribution in [0.15, 0.2) is 63.6 Å². The van der Waals surface area contributed by atoms with Crippen molar-refractivity contribution in [3.05, 3.63) is 74.7 Å². The fourth-order valence-corrected chi connectivity index (χ4v) is 3.48. The number of hydrogen-bond acceptors (Lipinski definition) is 3. The largest absolute Gasteiger partial charge is 0.467 e. The van der Waals surface area contributed by atoms with Crippen LogP contribution in [0.2, 0.25) is 0 Å². The molecule has 0 bridgehead atoms. The maximum Gasteiger partial charge on any atom is 0.328 e. The lowest BCUT2D eigenvalue weighted by molar-refractivity contribution is -0.142. The Morgan fingerprint density at radius 3 is 2.36 bits per heavy atom. The number of carbonyl (C=O) groups is 2. The summed E-state index contributed by atoms with van der Waals surface area (Å²) >= 11 is 6.69. The molecule has 0 saturated carbocycles. The first kappa shape index (κ1) is 19.4. The summed E-state index contributed by atoms with van der Waals surface area (Å²) in [6, 6.07) is 14.2. The molecule has 1 N–H and O–H groups in total. The maximum atomic E-state index is 12.4. The van der Waals surface area contributed by atoms with E-state index in [9.17, 15) is 9.59 Å². The molecule has 1 amide bonds. The molecule has 0 aliphatic rings. The molecule has 0 aliphatic carbocycles. The predicted octanol–water partition coefficient (Wildman–Crippen LogP) is 4.59. The van der Waals surface area contributed by atoms with Crippen LogP contribution < -0.4 is 5.32 Å². The van der Waals surface area contributed by atoms with Crippen molar-refractivity contribution in [1.82, 2.24) is 5.32 Å². The Morgan fingerprint density at radius 1 is 1.12 bits per heavy atom. The minimum absolute atomic E-state index is 0.336. The van der Waals surface area contributed by atoms with E-state index in [4.69, 9.17) is 4.74 Å². The minimum atomic E-state index is -0.754. The number of methoxy groups -OCH3 is 1. The first-order valence-electron chi connectivity index (χ1n) is 7.56. The summed E-state index contributed by atoms with van der Waals surface area (Å²) in [6.07, 6.45) is 4.08. The standard InChI is InChI=1S/C19H17Br2NO3/c1-25-19(24)17(9-5-8-13-6-3-2-4-7-13)22-18(23)14-10-15(20)12-16(21)11-14/h2-8,10-12,17H,9H2,1H3,(H,22,23)/b8-5+/t17-/m1/s1. The van der Waals surface area contributed by atoms with E-state index in [2.05, 4.69) is 37.2 Å². The zero-order valence-electron chi connectivity index (χ0n) is 13.5. The summed E-state index contributed by atoms with van der Waals surface area (Å²) < 4.78 is 6.33. The summed E-state index contributed by atoms with van der Waals surface area (Å²) in [5.41, 5.74) is 1.47. The Bertz CT molecular complexity index is 755. The third kappa shape index (κ3) is 6.14. The zero-order chi connectivity index (χ0) is 18.2. The highest BCUT2D eigenvalue weighted by Gasteiger charge is 2.21. The van der Waals surface area contributed by atoms with Crippen molar-refractivity contribution in [2.24, 2.45) is 0 Å². The molecule has 6 heteroatoms.